The number of hydrogen-bond donors (Lipinski definition) is 0. The normalized spacial score (nSPS) is 11.8. The van der Waals surface area contributed by atoms with Gasteiger partial charge in [-0.25, -0.2) is 0 Å². The largest absolute Gasteiger partial charge is 0.268 e. The molecule has 0 aromatic rings. The second-order valence-electron chi connectivity index (χ2n) is 2.09. The van der Waals surface area contributed by atoms with Gasteiger partial charge in [-0.2, -0.15) is 8.42 Å². The molecule has 0 aromatic heterocycles. The Hall–Kier alpha value is -0.0900. The Morgan fingerprint density at radius 1 is 1.40 bits per heavy atom. The van der Waals surface area contributed by atoms with Gasteiger partial charge in [0, 0.05) is 0 Å². The van der Waals surface area contributed by atoms with E-state index in [1.165, 1.54) is 0 Å². The van der Waals surface area contributed by atoms with Gasteiger partial charge in [0.05, 0.1) is 12.9 Å². The molecule has 0 saturated carbocycles. The van der Waals surface area contributed by atoms with E-state index in [0.717, 1.165) is 12.8 Å². The summed E-state index contributed by atoms with van der Waals surface area (Å²) in [7, 11) is -0.455. The molecule has 0 aromatic carbocycles. The van der Waals surface area contributed by atoms with Gasteiger partial charge in [-0.3, -0.25) is 4.18 Å². The Morgan fingerprint density at radius 2 is 2.00 bits per heavy atom. The van der Waals surface area contributed by atoms with Crippen molar-refractivity contribution in [1.29, 1.82) is 0 Å². The standard InChI is InChI=1S/C6H13O3S/c1-3-4-5-6-10(7,8)9-2/h2-6H2,1H3. The van der Waals surface area contributed by atoms with Crippen LogP contribution in [0.2, 0.25) is 0 Å². The third-order valence-corrected chi connectivity index (χ3v) is 2.33. The Kier molecular flexibility index (Phi) is 4.64. The highest BCUT2D eigenvalue weighted by molar-refractivity contribution is 7.86. The van der Waals surface area contributed by atoms with Crippen molar-refractivity contribution in [3.05, 3.63) is 7.11 Å². The van der Waals surface area contributed by atoms with Crippen LogP contribution in [0.3, 0.4) is 0 Å². The summed E-state index contributed by atoms with van der Waals surface area (Å²) in [6, 6.07) is 0. The molecular weight excluding hydrogens is 152 g/mol. The molecular formula is C6H13O3S. The van der Waals surface area contributed by atoms with E-state index in [9.17, 15) is 8.42 Å². The van der Waals surface area contributed by atoms with Crippen LogP contribution in [0, 0.1) is 7.11 Å². The monoisotopic (exact) mass is 165 g/mol. The molecule has 1 radical (unpaired) electrons. The summed E-state index contributed by atoms with van der Waals surface area (Å²) in [5.74, 6) is 0.0876. The van der Waals surface area contributed by atoms with Crippen LogP contribution in [0.1, 0.15) is 26.2 Å². The van der Waals surface area contributed by atoms with Gasteiger partial charge in [0.15, 0.2) is 0 Å². The summed E-state index contributed by atoms with van der Waals surface area (Å²) >= 11 is 0. The van der Waals surface area contributed by atoms with Gasteiger partial charge in [0.25, 0.3) is 10.1 Å². The van der Waals surface area contributed by atoms with Crippen LogP contribution in [-0.4, -0.2) is 14.2 Å². The van der Waals surface area contributed by atoms with Crippen molar-refractivity contribution in [3.8, 4) is 0 Å². The topological polar surface area (TPSA) is 43.4 Å². The van der Waals surface area contributed by atoms with Crippen LogP contribution in [0.15, 0.2) is 0 Å². The van der Waals surface area contributed by atoms with Crippen molar-refractivity contribution in [2.45, 2.75) is 26.2 Å². The zero-order chi connectivity index (χ0) is 8.04. The maximum atomic E-state index is 10.6. The molecule has 0 fully saturated rings. The van der Waals surface area contributed by atoms with Crippen molar-refractivity contribution in [2.75, 3.05) is 5.75 Å². The molecule has 0 bridgehead atoms. The maximum Gasteiger partial charge on any atom is 0.267 e. The number of hydrogen-bond acceptors (Lipinski definition) is 3. The lowest BCUT2D eigenvalue weighted by atomic mass is 10.3. The lowest BCUT2D eigenvalue weighted by molar-refractivity contribution is 0.436. The fraction of sp³-hybridized carbons (Fsp3) is 0.833. The first-order valence-electron chi connectivity index (χ1n) is 3.28. The predicted molar refractivity (Wildman–Crippen MR) is 39.8 cm³/mol. The van der Waals surface area contributed by atoms with Gasteiger partial charge in [-0.15, -0.1) is 0 Å². The van der Waals surface area contributed by atoms with E-state index >= 15 is 0 Å². The molecule has 0 aliphatic carbocycles. The molecule has 0 saturated heterocycles. The van der Waals surface area contributed by atoms with Crippen LogP contribution >= 0.6 is 0 Å². The number of rotatable bonds is 5. The minimum Gasteiger partial charge on any atom is -0.268 e. The quantitative estimate of drug-likeness (QED) is 0.455. The van der Waals surface area contributed by atoms with E-state index in [1.54, 1.807) is 0 Å². The lowest BCUT2D eigenvalue weighted by Crippen LogP contribution is -2.06. The Morgan fingerprint density at radius 3 is 2.40 bits per heavy atom. The van der Waals surface area contributed by atoms with Gasteiger partial charge in [-0.1, -0.05) is 19.8 Å². The number of unbranched alkanes of at least 4 members (excludes halogenated alkanes) is 2. The smallest absolute Gasteiger partial charge is 0.267 e. The molecule has 0 spiro atoms. The van der Waals surface area contributed by atoms with Crippen LogP contribution in [-0.2, 0) is 14.3 Å². The average molecular weight is 165 g/mol. The minimum absolute atomic E-state index is 0.0876. The van der Waals surface area contributed by atoms with Crippen molar-refractivity contribution in [1.82, 2.24) is 0 Å². The summed E-state index contributed by atoms with van der Waals surface area (Å²) in [6.45, 7) is 2.01. The van der Waals surface area contributed by atoms with Crippen LogP contribution in [0.25, 0.3) is 0 Å². The summed E-state index contributed by atoms with van der Waals surface area (Å²) in [5, 5.41) is 0. The lowest BCUT2D eigenvalue weighted by Gasteiger charge is -1.98. The van der Waals surface area contributed by atoms with Crippen molar-refractivity contribution in [2.24, 2.45) is 0 Å². The molecule has 0 rings (SSSR count). The third kappa shape index (κ3) is 4.76. The van der Waals surface area contributed by atoms with E-state index in [2.05, 4.69) is 11.3 Å². The van der Waals surface area contributed by atoms with Crippen LogP contribution in [0.4, 0.5) is 0 Å². The van der Waals surface area contributed by atoms with E-state index in [4.69, 9.17) is 0 Å². The van der Waals surface area contributed by atoms with Crippen LogP contribution in [0.5, 0.6) is 0 Å². The molecule has 0 aliphatic rings. The van der Waals surface area contributed by atoms with Gasteiger partial charge >= 0.3 is 0 Å². The highest BCUT2D eigenvalue weighted by Crippen LogP contribution is 1.99. The van der Waals surface area contributed by atoms with Crippen LogP contribution < -0.4 is 0 Å². The zero-order valence-electron chi connectivity index (χ0n) is 6.17. The first kappa shape index (κ1) is 9.91. The first-order chi connectivity index (χ1) is 4.62. The van der Waals surface area contributed by atoms with E-state index < -0.39 is 10.1 Å². The van der Waals surface area contributed by atoms with Gasteiger partial charge < -0.3 is 0 Å². The second kappa shape index (κ2) is 4.68. The highest BCUT2D eigenvalue weighted by atomic mass is 32.2. The summed E-state index contributed by atoms with van der Waals surface area (Å²) in [4.78, 5) is 0. The molecule has 0 atom stereocenters. The maximum absolute atomic E-state index is 10.6. The van der Waals surface area contributed by atoms with Gasteiger partial charge in [0.2, 0.25) is 0 Å². The van der Waals surface area contributed by atoms with Crippen molar-refractivity contribution >= 4 is 10.1 Å². The molecule has 0 amide bonds. The first-order valence-corrected chi connectivity index (χ1v) is 4.86. The highest BCUT2D eigenvalue weighted by Gasteiger charge is 2.06. The van der Waals surface area contributed by atoms with Crippen molar-refractivity contribution < 1.29 is 12.6 Å². The Bertz CT molecular complexity index is 160. The Labute approximate surface area is 62.5 Å². The molecule has 3 nitrogen and oxygen atoms in total. The molecule has 61 valence electrons. The SMILES string of the molecule is [CH2]OS(=O)(=O)CCCCC. The third-order valence-electron chi connectivity index (χ3n) is 1.18. The fourth-order valence-corrected chi connectivity index (χ4v) is 1.26. The molecule has 0 aliphatic heterocycles. The molecule has 10 heavy (non-hydrogen) atoms. The second-order valence-corrected chi connectivity index (χ2v) is 3.85. The van der Waals surface area contributed by atoms with Gasteiger partial charge in [0.1, 0.15) is 0 Å². The molecule has 0 heterocycles. The zero-order valence-corrected chi connectivity index (χ0v) is 6.99. The summed E-state index contributed by atoms with van der Waals surface area (Å²) < 4.78 is 25.2. The van der Waals surface area contributed by atoms with Crippen molar-refractivity contribution in [3.63, 3.8) is 0 Å². The molecule has 0 N–H and O–H groups in total. The molecule has 0 unspecified atom stereocenters. The molecule has 4 heteroatoms. The summed E-state index contributed by atoms with van der Waals surface area (Å²) in [6.07, 6.45) is 2.59. The predicted octanol–water partition coefficient (Wildman–Crippen LogP) is 1.31. The van der Waals surface area contributed by atoms with Gasteiger partial charge in [-0.05, 0) is 6.42 Å². The summed E-state index contributed by atoms with van der Waals surface area (Å²) in [5.41, 5.74) is 0. The Balaban J connectivity index is 3.49. The van der Waals surface area contributed by atoms with E-state index in [-0.39, 0.29) is 5.75 Å². The van der Waals surface area contributed by atoms with E-state index in [1.807, 2.05) is 6.92 Å². The minimum atomic E-state index is -3.30. The average Bonchev–Trinajstić information content (AvgIpc) is 1.89. The van der Waals surface area contributed by atoms with E-state index in [0.29, 0.717) is 6.42 Å². The fourth-order valence-electron chi connectivity index (χ4n) is 0.588.